The molecule has 0 saturated carbocycles. The number of carboxylic acid groups (broad SMARTS) is 1. The first-order valence-electron chi connectivity index (χ1n) is 9.16. The van der Waals surface area contributed by atoms with Crippen molar-refractivity contribution in [3.8, 4) is 5.75 Å². The third-order valence-electron chi connectivity index (χ3n) is 4.68. The molecule has 0 bridgehead atoms. The number of carbonyl (C=O) groups is 1. The summed E-state index contributed by atoms with van der Waals surface area (Å²) < 4.78 is 33.8. The number of nitrogens with zero attached hydrogens (tertiary/aromatic N) is 2. The van der Waals surface area contributed by atoms with Gasteiger partial charge in [-0.2, -0.15) is 0 Å². The maximum Gasteiger partial charge on any atom is 0.337 e. The van der Waals surface area contributed by atoms with Gasteiger partial charge in [0.2, 0.25) is 0 Å². The molecule has 0 spiro atoms. The van der Waals surface area contributed by atoms with Crippen molar-refractivity contribution in [3.05, 3.63) is 41.0 Å². The Labute approximate surface area is 174 Å². The minimum Gasteiger partial charge on any atom is -0.495 e. The average Bonchev–Trinajstić information content (AvgIpc) is 2.97. The van der Waals surface area contributed by atoms with E-state index in [4.69, 9.17) is 16.3 Å². The molecule has 0 unspecified atom stereocenters. The Kier molecular flexibility index (Phi) is 6.49. The second kappa shape index (κ2) is 8.87. The number of methoxy groups -OCH3 is 1. The molecule has 2 heterocycles. The van der Waals surface area contributed by atoms with Crippen molar-refractivity contribution in [2.75, 3.05) is 29.8 Å². The van der Waals surface area contributed by atoms with Crippen molar-refractivity contribution in [3.63, 3.8) is 0 Å². The largest absolute Gasteiger partial charge is 0.495 e. The summed E-state index contributed by atoms with van der Waals surface area (Å²) in [6.07, 6.45) is 5.32. The van der Waals surface area contributed by atoms with E-state index in [1.807, 2.05) is 4.90 Å². The molecule has 0 amide bonds. The second-order valence-electron chi connectivity index (χ2n) is 6.70. The minimum absolute atomic E-state index is 0.105. The summed E-state index contributed by atoms with van der Waals surface area (Å²) in [7, 11) is -2.75. The van der Waals surface area contributed by atoms with Gasteiger partial charge in [-0.05, 0) is 37.1 Å². The van der Waals surface area contributed by atoms with Gasteiger partial charge in [0.05, 0.1) is 18.4 Å². The van der Waals surface area contributed by atoms with Crippen LogP contribution in [0.5, 0.6) is 5.75 Å². The first-order valence-corrected chi connectivity index (χ1v) is 11.0. The van der Waals surface area contributed by atoms with Crippen LogP contribution < -0.4 is 14.4 Å². The average molecular weight is 440 g/mol. The highest BCUT2D eigenvalue weighted by atomic mass is 35.5. The maximum atomic E-state index is 13.1. The topological polar surface area (TPSA) is 109 Å². The predicted octanol–water partition coefficient (Wildman–Crippen LogP) is 3.62. The van der Waals surface area contributed by atoms with Crippen LogP contribution in [-0.2, 0) is 10.0 Å². The number of pyridine rings is 1. The smallest absolute Gasteiger partial charge is 0.337 e. The quantitative estimate of drug-likeness (QED) is 0.707. The van der Waals surface area contributed by atoms with Gasteiger partial charge in [-0.3, -0.25) is 4.72 Å². The molecule has 1 aliphatic heterocycles. The van der Waals surface area contributed by atoms with Gasteiger partial charge in [0.1, 0.15) is 10.6 Å². The minimum atomic E-state index is -4.11. The molecule has 1 saturated heterocycles. The number of sulfonamides is 1. The number of aromatic carboxylic acids is 1. The summed E-state index contributed by atoms with van der Waals surface area (Å²) in [5.74, 6) is -0.664. The van der Waals surface area contributed by atoms with E-state index < -0.39 is 16.0 Å². The SMILES string of the molecule is COc1ccc(Cl)cc1S(=O)(=O)Nc1cc(C(=O)O)cnc1N1CCCCCC1. The Bertz CT molecular complexity index is 1000. The molecule has 1 fully saturated rings. The molecule has 10 heteroatoms. The summed E-state index contributed by atoms with van der Waals surface area (Å²) in [6.45, 7) is 1.43. The predicted molar refractivity (Wildman–Crippen MR) is 111 cm³/mol. The number of rotatable bonds is 6. The molecule has 1 aliphatic rings. The van der Waals surface area contributed by atoms with E-state index >= 15 is 0 Å². The fraction of sp³-hybridized carbons (Fsp3) is 0.368. The fourth-order valence-corrected chi connectivity index (χ4v) is 4.73. The van der Waals surface area contributed by atoms with Crippen LogP contribution in [0.3, 0.4) is 0 Å². The number of hydrogen-bond donors (Lipinski definition) is 2. The molecule has 1 aromatic heterocycles. The highest BCUT2D eigenvalue weighted by molar-refractivity contribution is 7.92. The maximum absolute atomic E-state index is 13.1. The fourth-order valence-electron chi connectivity index (χ4n) is 3.24. The molecule has 0 aliphatic carbocycles. The van der Waals surface area contributed by atoms with Gasteiger partial charge in [0, 0.05) is 24.3 Å². The van der Waals surface area contributed by atoms with Crippen LogP contribution in [-0.4, -0.2) is 44.7 Å². The number of ether oxygens (including phenoxy) is 1. The second-order valence-corrected chi connectivity index (χ2v) is 8.79. The summed E-state index contributed by atoms with van der Waals surface area (Å²) in [5.41, 5.74) is -0.00633. The Morgan fingerprint density at radius 1 is 1.21 bits per heavy atom. The van der Waals surface area contributed by atoms with Crippen LogP contribution in [0, 0.1) is 0 Å². The van der Waals surface area contributed by atoms with E-state index in [9.17, 15) is 18.3 Å². The monoisotopic (exact) mass is 439 g/mol. The molecule has 0 radical (unpaired) electrons. The Morgan fingerprint density at radius 3 is 2.52 bits per heavy atom. The first-order chi connectivity index (χ1) is 13.8. The third-order valence-corrected chi connectivity index (χ3v) is 6.30. The lowest BCUT2D eigenvalue weighted by Crippen LogP contribution is -2.27. The standard InChI is InChI=1S/C19H22ClN3O5S/c1-28-16-7-6-14(20)11-17(16)29(26,27)22-15-10-13(19(24)25)12-21-18(15)23-8-4-2-3-5-9-23/h6-7,10-12,22H,2-5,8-9H2,1H3,(H,24,25). The van der Waals surface area contributed by atoms with Crippen molar-refractivity contribution in [2.45, 2.75) is 30.6 Å². The lowest BCUT2D eigenvalue weighted by Gasteiger charge is -2.24. The van der Waals surface area contributed by atoms with E-state index in [0.717, 1.165) is 25.7 Å². The van der Waals surface area contributed by atoms with E-state index in [2.05, 4.69) is 9.71 Å². The molecular formula is C19H22ClN3O5S. The summed E-state index contributed by atoms with van der Waals surface area (Å²) in [4.78, 5) is 17.5. The number of halogens is 1. The van der Waals surface area contributed by atoms with Gasteiger partial charge in [-0.1, -0.05) is 24.4 Å². The lowest BCUT2D eigenvalue weighted by molar-refractivity contribution is 0.0696. The Morgan fingerprint density at radius 2 is 1.90 bits per heavy atom. The van der Waals surface area contributed by atoms with Gasteiger partial charge in [0.25, 0.3) is 10.0 Å². The van der Waals surface area contributed by atoms with Crippen molar-refractivity contribution in [1.82, 2.24) is 4.98 Å². The van der Waals surface area contributed by atoms with Gasteiger partial charge >= 0.3 is 5.97 Å². The summed E-state index contributed by atoms with van der Waals surface area (Å²) in [6, 6.07) is 5.54. The van der Waals surface area contributed by atoms with Gasteiger partial charge in [0.15, 0.2) is 5.82 Å². The van der Waals surface area contributed by atoms with Crippen LogP contribution in [0.2, 0.25) is 5.02 Å². The van der Waals surface area contributed by atoms with E-state index in [1.165, 1.54) is 37.6 Å². The van der Waals surface area contributed by atoms with E-state index in [0.29, 0.717) is 18.9 Å². The number of aromatic nitrogens is 1. The normalized spacial score (nSPS) is 14.9. The summed E-state index contributed by atoms with van der Waals surface area (Å²) >= 11 is 5.97. The van der Waals surface area contributed by atoms with Crippen molar-refractivity contribution in [1.29, 1.82) is 0 Å². The molecule has 2 N–H and O–H groups in total. The van der Waals surface area contributed by atoms with Gasteiger partial charge < -0.3 is 14.7 Å². The molecule has 3 rings (SSSR count). The number of hydrogen-bond acceptors (Lipinski definition) is 6. The lowest BCUT2D eigenvalue weighted by atomic mass is 10.2. The first kappa shape index (κ1) is 21.2. The Balaban J connectivity index is 2.05. The van der Waals surface area contributed by atoms with Crippen LogP contribution in [0.15, 0.2) is 35.4 Å². The number of carboxylic acids is 1. The van der Waals surface area contributed by atoms with Crippen LogP contribution in [0.25, 0.3) is 0 Å². The molecule has 156 valence electrons. The van der Waals surface area contributed by atoms with Gasteiger partial charge in [-0.15, -0.1) is 0 Å². The zero-order chi connectivity index (χ0) is 21.0. The van der Waals surface area contributed by atoms with E-state index in [-0.39, 0.29) is 26.9 Å². The molecule has 8 nitrogen and oxygen atoms in total. The van der Waals surface area contributed by atoms with Crippen LogP contribution >= 0.6 is 11.6 Å². The van der Waals surface area contributed by atoms with Crippen LogP contribution in [0.1, 0.15) is 36.0 Å². The van der Waals surface area contributed by atoms with Crippen molar-refractivity contribution in [2.24, 2.45) is 0 Å². The van der Waals surface area contributed by atoms with E-state index in [1.54, 1.807) is 0 Å². The third kappa shape index (κ3) is 4.91. The molecule has 1 aromatic carbocycles. The number of nitrogens with one attached hydrogen (secondary N) is 1. The molecule has 29 heavy (non-hydrogen) atoms. The zero-order valence-electron chi connectivity index (χ0n) is 15.9. The molecule has 0 atom stereocenters. The Hall–Kier alpha value is -2.52. The molecule has 2 aromatic rings. The van der Waals surface area contributed by atoms with Crippen LogP contribution in [0.4, 0.5) is 11.5 Å². The number of benzene rings is 1. The molecular weight excluding hydrogens is 418 g/mol. The highest BCUT2D eigenvalue weighted by Crippen LogP contribution is 2.32. The van der Waals surface area contributed by atoms with Crippen molar-refractivity contribution < 1.29 is 23.1 Å². The van der Waals surface area contributed by atoms with Crippen molar-refractivity contribution >= 4 is 39.1 Å². The highest BCUT2D eigenvalue weighted by Gasteiger charge is 2.25. The van der Waals surface area contributed by atoms with Gasteiger partial charge in [-0.25, -0.2) is 18.2 Å². The number of anilines is 2. The summed E-state index contributed by atoms with van der Waals surface area (Å²) in [5, 5.41) is 9.55. The zero-order valence-corrected chi connectivity index (χ0v) is 17.5.